The number of nitrogens with two attached hydrogens (primary N) is 1. The van der Waals surface area contributed by atoms with Crippen LogP contribution in [0, 0.1) is 0 Å². The van der Waals surface area contributed by atoms with Crippen molar-refractivity contribution in [3.63, 3.8) is 0 Å². The van der Waals surface area contributed by atoms with Crippen LogP contribution in [0.15, 0.2) is 24.3 Å². The van der Waals surface area contributed by atoms with Crippen LogP contribution in [0.1, 0.15) is 12.0 Å². The van der Waals surface area contributed by atoms with Crippen LogP contribution in [0.5, 0.6) is 0 Å². The fraction of sp³-hybridized carbons (Fsp3) is 0.400. The van der Waals surface area contributed by atoms with E-state index in [-0.39, 0.29) is 5.54 Å². The first-order valence-electron chi connectivity index (χ1n) is 4.48. The van der Waals surface area contributed by atoms with E-state index in [1.165, 1.54) is 5.56 Å². The SMILES string of the molecule is NCC1(c2ccc(Cl)cc2)CCN1. The van der Waals surface area contributed by atoms with E-state index in [1.54, 1.807) is 0 Å². The summed E-state index contributed by atoms with van der Waals surface area (Å²) < 4.78 is 0. The van der Waals surface area contributed by atoms with Gasteiger partial charge in [0, 0.05) is 11.6 Å². The third kappa shape index (κ3) is 1.46. The zero-order chi connectivity index (χ0) is 9.31. The molecule has 0 aliphatic carbocycles. The van der Waals surface area contributed by atoms with E-state index in [4.69, 9.17) is 17.3 Å². The Bertz CT molecular complexity index is 285. The Morgan fingerprint density at radius 3 is 2.38 bits per heavy atom. The third-order valence-electron chi connectivity index (χ3n) is 2.76. The van der Waals surface area contributed by atoms with Gasteiger partial charge in [-0.25, -0.2) is 0 Å². The van der Waals surface area contributed by atoms with Gasteiger partial charge in [0.25, 0.3) is 0 Å². The molecule has 1 aliphatic heterocycles. The Hall–Kier alpha value is -0.570. The molecular formula is C10H13ClN2. The fourth-order valence-electron chi connectivity index (χ4n) is 1.73. The van der Waals surface area contributed by atoms with Crippen molar-refractivity contribution < 1.29 is 0 Å². The van der Waals surface area contributed by atoms with Crippen molar-refractivity contribution in [1.82, 2.24) is 5.32 Å². The van der Waals surface area contributed by atoms with Gasteiger partial charge in [-0.2, -0.15) is 0 Å². The Morgan fingerprint density at radius 2 is 2.00 bits per heavy atom. The van der Waals surface area contributed by atoms with Crippen molar-refractivity contribution in [2.75, 3.05) is 13.1 Å². The molecule has 1 fully saturated rings. The van der Waals surface area contributed by atoms with Crippen molar-refractivity contribution in [1.29, 1.82) is 0 Å². The number of hydrogen-bond acceptors (Lipinski definition) is 2. The Balaban J connectivity index is 2.28. The van der Waals surface area contributed by atoms with Crippen molar-refractivity contribution in [2.24, 2.45) is 5.73 Å². The number of rotatable bonds is 2. The maximum absolute atomic E-state index is 5.81. The molecule has 70 valence electrons. The highest BCUT2D eigenvalue weighted by molar-refractivity contribution is 6.30. The van der Waals surface area contributed by atoms with Crippen molar-refractivity contribution in [3.8, 4) is 0 Å². The highest BCUT2D eigenvalue weighted by atomic mass is 35.5. The molecule has 0 saturated carbocycles. The summed E-state index contributed by atoms with van der Waals surface area (Å²) in [7, 11) is 0. The quantitative estimate of drug-likeness (QED) is 0.752. The van der Waals surface area contributed by atoms with E-state index in [1.807, 2.05) is 24.3 Å². The molecule has 1 aromatic rings. The predicted octanol–water partition coefficient (Wildman–Crippen LogP) is 1.49. The third-order valence-corrected chi connectivity index (χ3v) is 3.01. The van der Waals surface area contributed by atoms with Crippen molar-refractivity contribution in [3.05, 3.63) is 34.9 Å². The van der Waals surface area contributed by atoms with E-state index in [2.05, 4.69) is 5.32 Å². The second-order valence-electron chi connectivity index (χ2n) is 3.47. The summed E-state index contributed by atoms with van der Waals surface area (Å²) in [4.78, 5) is 0. The molecule has 3 N–H and O–H groups in total. The average Bonchev–Trinajstić information content (AvgIpc) is 2.07. The molecule has 1 unspecified atom stereocenters. The Kier molecular flexibility index (Phi) is 2.28. The molecule has 1 saturated heterocycles. The molecule has 1 heterocycles. The molecule has 0 bridgehead atoms. The first-order valence-corrected chi connectivity index (χ1v) is 4.86. The second-order valence-corrected chi connectivity index (χ2v) is 3.91. The summed E-state index contributed by atoms with van der Waals surface area (Å²) in [6.07, 6.45) is 1.12. The molecule has 3 heteroatoms. The number of nitrogens with one attached hydrogen (secondary N) is 1. The monoisotopic (exact) mass is 196 g/mol. The van der Waals surface area contributed by atoms with Gasteiger partial charge in [0.15, 0.2) is 0 Å². The normalized spacial score (nSPS) is 26.9. The minimum absolute atomic E-state index is 0.0184. The van der Waals surface area contributed by atoms with E-state index in [0.29, 0.717) is 6.54 Å². The molecule has 0 radical (unpaired) electrons. The summed E-state index contributed by atoms with van der Waals surface area (Å²) in [6, 6.07) is 7.91. The topological polar surface area (TPSA) is 38.0 Å². The second kappa shape index (κ2) is 3.29. The highest BCUT2D eigenvalue weighted by Gasteiger charge is 2.36. The molecule has 0 amide bonds. The van der Waals surface area contributed by atoms with Crippen LogP contribution in [-0.2, 0) is 5.54 Å². The minimum atomic E-state index is 0.0184. The molecule has 2 rings (SSSR count). The van der Waals surface area contributed by atoms with Crippen molar-refractivity contribution >= 4 is 11.6 Å². The van der Waals surface area contributed by atoms with Crippen LogP contribution in [0.3, 0.4) is 0 Å². The first-order chi connectivity index (χ1) is 6.27. The Morgan fingerprint density at radius 1 is 1.38 bits per heavy atom. The maximum atomic E-state index is 5.81. The number of hydrogen-bond donors (Lipinski definition) is 2. The van der Waals surface area contributed by atoms with Gasteiger partial charge in [0.2, 0.25) is 0 Å². The summed E-state index contributed by atoms with van der Waals surface area (Å²) >= 11 is 5.81. The number of benzene rings is 1. The molecule has 1 aromatic carbocycles. The van der Waals surface area contributed by atoms with Gasteiger partial charge in [0.05, 0.1) is 5.54 Å². The first kappa shape index (κ1) is 9.00. The van der Waals surface area contributed by atoms with Crippen LogP contribution in [0.4, 0.5) is 0 Å². The van der Waals surface area contributed by atoms with Gasteiger partial charge in [-0.1, -0.05) is 23.7 Å². The van der Waals surface area contributed by atoms with E-state index in [9.17, 15) is 0 Å². The molecular weight excluding hydrogens is 184 g/mol. The van der Waals surface area contributed by atoms with Crippen molar-refractivity contribution in [2.45, 2.75) is 12.0 Å². The van der Waals surface area contributed by atoms with Crippen LogP contribution >= 0.6 is 11.6 Å². The van der Waals surface area contributed by atoms with Crippen LogP contribution in [0.25, 0.3) is 0 Å². The highest BCUT2D eigenvalue weighted by Crippen LogP contribution is 2.30. The molecule has 0 spiro atoms. The zero-order valence-electron chi connectivity index (χ0n) is 7.39. The Labute approximate surface area is 83.1 Å². The van der Waals surface area contributed by atoms with E-state index < -0.39 is 0 Å². The van der Waals surface area contributed by atoms with Gasteiger partial charge in [-0.15, -0.1) is 0 Å². The zero-order valence-corrected chi connectivity index (χ0v) is 8.14. The summed E-state index contributed by atoms with van der Waals surface area (Å²) in [5.74, 6) is 0. The van der Waals surface area contributed by atoms with Crippen LogP contribution < -0.4 is 11.1 Å². The largest absolute Gasteiger partial charge is 0.328 e. The molecule has 2 nitrogen and oxygen atoms in total. The lowest BCUT2D eigenvalue weighted by molar-refractivity contribution is 0.219. The van der Waals surface area contributed by atoms with Crippen LogP contribution in [-0.4, -0.2) is 13.1 Å². The standard InChI is InChI=1S/C10H13ClN2/c11-9-3-1-8(2-4-9)10(7-12)5-6-13-10/h1-4,13H,5-7,12H2. The molecule has 1 atom stereocenters. The fourth-order valence-corrected chi connectivity index (χ4v) is 1.86. The lowest BCUT2D eigenvalue weighted by atomic mass is 9.81. The number of halogens is 1. The lowest BCUT2D eigenvalue weighted by Gasteiger charge is -2.43. The van der Waals surface area contributed by atoms with E-state index in [0.717, 1.165) is 18.0 Å². The smallest absolute Gasteiger partial charge is 0.0570 e. The van der Waals surface area contributed by atoms with Gasteiger partial charge < -0.3 is 11.1 Å². The lowest BCUT2D eigenvalue weighted by Crippen LogP contribution is -2.58. The molecule has 1 aliphatic rings. The summed E-state index contributed by atoms with van der Waals surface area (Å²) in [5, 5.41) is 4.15. The maximum Gasteiger partial charge on any atom is 0.0570 e. The van der Waals surface area contributed by atoms with Gasteiger partial charge >= 0.3 is 0 Å². The average molecular weight is 197 g/mol. The molecule has 13 heavy (non-hydrogen) atoms. The summed E-state index contributed by atoms with van der Waals surface area (Å²) in [5.41, 5.74) is 7.00. The summed E-state index contributed by atoms with van der Waals surface area (Å²) in [6.45, 7) is 1.70. The molecule has 0 aromatic heterocycles. The van der Waals surface area contributed by atoms with Gasteiger partial charge in [0.1, 0.15) is 0 Å². The van der Waals surface area contributed by atoms with Crippen LogP contribution in [0.2, 0.25) is 5.02 Å². The van der Waals surface area contributed by atoms with Gasteiger partial charge in [-0.05, 0) is 30.7 Å². The minimum Gasteiger partial charge on any atom is -0.328 e. The van der Waals surface area contributed by atoms with Gasteiger partial charge in [-0.3, -0.25) is 0 Å². The van der Waals surface area contributed by atoms with E-state index >= 15 is 0 Å². The predicted molar refractivity (Wildman–Crippen MR) is 54.8 cm³/mol.